The lowest BCUT2D eigenvalue weighted by atomic mass is 9.84. The third-order valence-corrected chi connectivity index (χ3v) is 3.34. The number of β-amino-alcohol motifs (C(OH)–C–C–N with tert-alkyl or cyclic N) is 1. The van der Waals surface area contributed by atoms with Crippen LogP contribution in [-0.2, 0) is 9.59 Å². The van der Waals surface area contributed by atoms with Crippen LogP contribution in [0.25, 0.3) is 0 Å². The SMILES string of the molecule is CC(C)(C)CC(CN)C(=O)N1CC(O)C[C@H]1C(=O)O. The van der Waals surface area contributed by atoms with Crippen LogP contribution in [0.2, 0.25) is 0 Å². The van der Waals surface area contributed by atoms with E-state index in [1.54, 1.807) is 0 Å². The predicted octanol–water partition coefficient (Wildman–Crippen LogP) is 0.0439. The molecule has 1 aliphatic rings. The van der Waals surface area contributed by atoms with Crippen LogP contribution in [0.4, 0.5) is 0 Å². The van der Waals surface area contributed by atoms with Gasteiger partial charge >= 0.3 is 5.97 Å². The van der Waals surface area contributed by atoms with Crippen LogP contribution in [0.15, 0.2) is 0 Å². The van der Waals surface area contributed by atoms with Crippen molar-refractivity contribution >= 4 is 11.9 Å². The zero-order valence-electron chi connectivity index (χ0n) is 11.8. The molecule has 110 valence electrons. The van der Waals surface area contributed by atoms with E-state index in [0.717, 1.165) is 0 Å². The maximum absolute atomic E-state index is 12.4. The predicted molar refractivity (Wildman–Crippen MR) is 70.4 cm³/mol. The maximum Gasteiger partial charge on any atom is 0.326 e. The Morgan fingerprint density at radius 2 is 2.00 bits per heavy atom. The van der Waals surface area contributed by atoms with Crippen LogP contribution in [0, 0.1) is 11.3 Å². The fraction of sp³-hybridized carbons (Fsp3) is 0.846. The molecule has 6 nitrogen and oxygen atoms in total. The Hall–Kier alpha value is -1.14. The summed E-state index contributed by atoms with van der Waals surface area (Å²) in [6.45, 7) is 6.30. The number of amides is 1. The zero-order chi connectivity index (χ0) is 14.8. The summed E-state index contributed by atoms with van der Waals surface area (Å²) in [6.07, 6.45) is -0.0760. The first-order chi connectivity index (χ1) is 8.65. The molecule has 4 N–H and O–H groups in total. The molecule has 1 rings (SSSR count). The number of likely N-dealkylation sites (tertiary alicyclic amines) is 1. The molecule has 1 saturated heterocycles. The number of carboxylic acids is 1. The van der Waals surface area contributed by atoms with Crippen LogP contribution in [0.1, 0.15) is 33.6 Å². The number of rotatable bonds is 4. The lowest BCUT2D eigenvalue weighted by molar-refractivity contribution is -0.150. The molecular formula is C13H24N2O4. The third-order valence-electron chi connectivity index (χ3n) is 3.34. The summed E-state index contributed by atoms with van der Waals surface area (Å²) < 4.78 is 0. The van der Waals surface area contributed by atoms with Crippen molar-refractivity contribution in [3.05, 3.63) is 0 Å². The maximum atomic E-state index is 12.4. The van der Waals surface area contributed by atoms with Crippen molar-refractivity contribution in [3.8, 4) is 0 Å². The standard InChI is InChI=1S/C13H24N2O4/c1-13(2,3)5-8(6-14)11(17)15-7-9(16)4-10(15)12(18)19/h8-10,16H,4-7,14H2,1-3H3,(H,18,19)/t8?,9?,10-/m0/s1. The Balaban J connectivity index is 2.81. The number of carboxylic acid groups (broad SMARTS) is 1. The van der Waals surface area contributed by atoms with Crippen molar-refractivity contribution in [2.24, 2.45) is 17.1 Å². The van der Waals surface area contributed by atoms with Crippen molar-refractivity contribution in [1.82, 2.24) is 4.90 Å². The second-order valence-electron chi connectivity index (χ2n) is 6.43. The number of hydrogen-bond acceptors (Lipinski definition) is 4. The van der Waals surface area contributed by atoms with E-state index in [4.69, 9.17) is 10.8 Å². The smallest absolute Gasteiger partial charge is 0.326 e. The van der Waals surface area contributed by atoms with Crippen LogP contribution in [0.3, 0.4) is 0 Å². The molecule has 1 heterocycles. The van der Waals surface area contributed by atoms with Gasteiger partial charge in [0.2, 0.25) is 5.91 Å². The molecule has 2 unspecified atom stereocenters. The molecule has 0 bridgehead atoms. The normalized spacial score (nSPS) is 25.4. The second kappa shape index (κ2) is 5.88. The molecule has 1 fully saturated rings. The van der Waals surface area contributed by atoms with E-state index < -0.39 is 24.0 Å². The van der Waals surface area contributed by atoms with Gasteiger partial charge in [-0.3, -0.25) is 4.79 Å². The first kappa shape index (κ1) is 15.9. The van der Waals surface area contributed by atoms with E-state index in [9.17, 15) is 14.7 Å². The molecule has 0 saturated carbocycles. The Labute approximate surface area is 113 Å². The Kier molecular flexibility index (Phi) is 4.92. The van der Waals surface area contributed by atoms with Crippen molar-refractivity contribution in [2.75, 3.05) is 13.1 Å². The average molecular weight is 272 g/mol. The fourth-order valence-corrected chi connectivity index (χ4v) is 2.54. The second-order valence-corrected chi connectivity index (χ2v) is 6.43. The molecule has 0 spiro atoms. The monoisotopic (exact) mass is 272 g/mol. The number of carbonyl (C=O) groups excluding carboxylic acids is 1. The molecule has 3 atom stereocenters. The number of aliphatic hydroxyl groups is 1. The molecule has 0 aliphatic carbocycles. The Morgan fingerprint density at radius 3 is 2.42 bits per heavy atom. The number of hydrogen-bond donors (Lipinski definition) is 3. The van der Waals surface area contributed by atoms with Gasteiger partial charge in [-0.1, -0.05) is 20.8 Å². The van der Waals surface area contributed by atoms with E-state index in [-0.39, 0.29) is 30.8 Å². The average Bonchev–Trinajstić information content (AvgIpc) is 2.66. The molecule has 6 heteroatoms. The lowest BCUT2D eigenvalue weighted by Gasteiger charge is -2.29. The Morgan fingerprint density at radius 1 is 1.42 bits per heavy atom. The van der Waals surface area contributed by atoms with Gasteiger partial charge in [0.1, 0.15) is 6.04 Å². The van der Waals surface area contributed by atoms with Crippen molar-refractivity contribution in [3.63, 3.8) is 0 Å². The van der Waals surface area contributed by atoms with E-state index in [1.165, 1.54) is 4.90 Å². The molecule has 0 radical (unpaired) electrons. The highest BCUT2D eigenvalue weighted by Crippen LogP contribution is 2.28. The van der Waals surface area contributed by atoms with Gasteiger partial charge in [0.05, 0.1) is 12.0 Å². The number of nitrogens with zero attached hydrogens (tertiary/aromatic N) is 1. The number of aliphatic hydroxyl groups excluding tert-OH is 1. The van der Waals surface area contributed by atoms with Gasteiger partial charge in [0.25, 0.3) is 0 Å². The molecule has 0 aromatic heterocycles. The van der Waals surface area contributed by atoms with Gasteiger partial charge in [-0.15, -0.1) is 0 Å². The fourth-order valence-electron chi connectivity index (χ4n) is 2.54. The number of carbonyl (C=O) groups is 2. The summed E-state index contributed by atoms with van der Waals surface area (Å²) in [4.78, 5) is 24.8. The highest BCUT2D eigenvalue weighted by atomic mass is 16.4. The van der Waals surface area contributed by atoms with Crippen molar-refractivity contribution in [2.45, 2.75) is 45.8 Å². The number of nitrogens with two attached hydrogens (primary N) is 1. The van der Waals surface area contributed by atoms with Crippen molar-refractivity contribution in [1.29, 1.82) is 0 Å². The summed E-state index contributed by atoms with van der Waals surface area (Å²) in [6, 6.07) is -0.934. The van der Waals surface area contributed by atoms with Gasteiger partial charge < -0.3 is 20.8 Å². The zero-order valence-corrected chi connectivity index (χ0v) is 11.8. The van der Waals surface area contributed by atoms with E-state index in [2.05, 4.69) is 0 Å². The van der Waals surface area contributed by atoms with E-state index in [0.29, 0.717) is 6.42 Å². The topological polar surface area (TPSA) is 104 Å². The minimum absolute atomic E-state index is 0.0588. The van der Waals surface area contributed by atoms with Crippen LogP contribution >= 0.6 is 0 Å². The largest absolute Gasteiger partial charge is 0.480 e. The molecule has 0 aromatic carbocycles. The first-order valence-electron chi connectivity index (χ1n) is 6.57. The van der Waals surface area contributed by atoms with Gasteiger partial charge in [0, 0.05) is 19.5 Å². The molecule has 1 aliphatic heterocycles. The van der Waals surface area contributed by atoms with Gasteiger partial charge in [-0.25, -0.2) is 4.79 Å². The highest BCUT2D eigenvalue weighted by Gasteiger charge is 2.41. The molecule has 0 aromatic rings. The highest BCUT2D eigenvalue weighted by molar-refractivity contribution is 5.86. The molecule has 19 heavy (non-hydrogen) atoms. The summed E-state index contributed by atoms with van der Waals surface area (Å²) >= 11 is 0. The molecule has 1 amide bonds. The van der Waals surface area contributed by atoms with Crippen LogP contribution in [-0.4, -0.2) is 52.2 Å². The van der Waals surface area contributed by atoms with Crippen LogP contribution < -0.4 is 5.73 Å². The van der Waals surface area contributed by atoms with Gasteiger partial charge in [0.15, 0.2) is 0 Å². The summed E-state index contributed by atoms with van der Waals surface area (Å²) in [5.41, 5.74) is 5.59. The summed E-state index contributed by atoms with van der Waals surface area (Å²) in [5.74, 6) is -1.73. The van der Waals surface area contributed by atoms with Crippen molar-refractivity contribution < 1.29 is 19.8 Å². The first-order valence-corrected chi connectivity index (χ1v) is 6.57. The van der Waals surface area contributed by atoms with E-state index in [1.807, 2.05) is 20.8 Å². The lowest BCUT2D eigenvalue weighted by Crippen LogP contribution is -2.46. The molecular weight excluding hydrogens is 248 g/mol. The van der Waals surface area contributed by atoms with Gasteiger partial charge in [-0.05, 0) is 11.8 Å². The van der Waals surface area contributed by atoms with Crippen LogP contribution in [0.5, 0.6) is 0 Å². The minimum atomic E-state index is -1.07. The summed E-state index contributed by atoms with van der Waals surface area (Å²) in [7, 11) is 0. The quantitative estimate of drug-likeness (QED) is 0.670. The third kappa shape index (κ3) is 4.18. The number of aliphatic carboxylic acids is 1. The summed E-state index contributed by atoms with van der Waals surface area (Å²) in [5, 5.41) is 18.7. The van der Waals surface area contributed by atoms with Gasteiger partial charge in [-0.2, -0.15) is 0 Å². The van der Waals surface area contributed by atoms with E-state index >= 15 is 0 Å². The Bertz CT molecular complexity index is 351. The minimum Gasteiger partial charge on any atom is -0.480 e.